The first-order valence-corrected chi connectivity index (χ1v) is 9.17. The van der Waals surface area contributed by atoms with Crippen molar-refractivity contribution in [2.75, 3.05) is 37.1 Å². The second-order valence-electron chi connectivity index (χ2n) is 6.55. The molecule has 1 aliphatic heterocycles. The summed E-state index contributed by atoms with van der Waals surface area (Å²) in [5, 5.41) is 0. The van der Waals surface area contributed by atoms with Crippen molar-refractivity contribution in [1.82, 2.24) is 0 Å². The van der Waals surface area contributed by atoms with Gasteiger partial charge in [0.25, 0.3) is 0 Å². The van der Waals surface area contributed by atoms with Crippen LogP contribution in [0.4, 0.5) is 11.4 Å². The van der Waals surface area contributed by atoms with Crippen LogP contribution in [0.15, 0.2) is 78.9 Å². The van der Waals surface area contributed by atoms with E-state index in [4.69, 9.17) is 9.47 Å². The molecular formula is C23H24N2O2. The molecule has 1 fully saturated rings. The highest BCUT2D eigenvalue weighted by molar-refractivity contribution is 5.60. The summed E-state index contributed by atoms with van der Waals surface area (Å²) in [6.07, 6.45) is 0.0922. The van der Waals surface area contributed by atoms with E-state index in [1.54, 1.807) is 14.2 Å². The number of ether oxygens (including phenoxy) is 2. The highest BCUT2D eigenvalue weighted by Crippen LogP contribution is 2.40. The van der Waals surface area contributed by atoms with Gasteiger partial charge in [-0.2, -0.15) is 0 Å². The number of rotatable bonds is 5. The Balaban J connectivity index is 1.79. The maximum absolute atomic E-state index is 5.56. The van der Waals surface area contributed by atoms with Gasteiger partial charge >= 0.3 is 0 Å². The summed E-state index contributed by atoms with van der Waals surface area (Å²) in [6.45, 7) is 1.91. The van der Waals surface area contributed by atoms with Crippen molar-refractivity contribution < 1.29 is 9.47 Å². The molecule has 0 N–H and O–H groups in total. The Morgan fingerprint density at radius 3 is 1.67 bits per heavy atom. The fraction of sp³-hybridized carbons (Fsp3) is 0.217. The van der Waals surface area contributed by atoms with Crippen molar-refractivity contribution in [3.8, 4) is 11.5 Å². The average molecular weight is 360 g/mol. The molecule has 4 rings (SSSR count). The lowest BCUT2D eigenvalue weighted by Crippen LogP contribution is -2.30. The van der Waals surface area contributed by atoms with Crippen LogP contribution >= 0.6 is 0 Å². The van der Waals surface area contributed by atoms with Crippen LogP contribution in [0.1, 0.15) is 11.7 Å². The zero-order valence-corrected chi connectivity index (χ0v) is 15.7. The molecule has 1 heterocycles. The van der Waals surface area contributed by atoms with E-state index in [1.165, 1.54) is 16.9 Å². The van der Waals surface area contributed by atoms with E-state index in [-0.39, 0.29) is 6.17 Å². The zero-order valence-electron chi connectivity index (χ0n) is 15.7. The minimum atomic E-state index is 0.0922. The summed E-state index contributed by atoms with van der Waals surface area (Å²) in [6, 6.07) is 27.3. The molecule has 0 bridgehead atoms. The Morgan fingerprint density at radius 2 is 1.19 bits per heavy atom. The van der Waals surface area contributed by atoms with Crippen molar-refractivity contribution in [2.45, 2.75) is 6.17 Å². The second-order valence-corrected chi connectivity index (χ2v) is 6.55. The normalized spacial score (nSPS) is 14.4. The van der Waals surface area contributed by atoms with Crippen LogP contribution in [-0.2, 0) is 0 Å². The Morgan fingerprint density at radius 1 is 0.667 bits per heavy atom. The summed E-state index contributed by atoms with van der Waals surface area (Å²) in [4.78, 5) is 4.88. The SMILES string of the molecule is COc1ccc(C2N(c3ccccc3)CCN2c2ccccc2)cc1OC. The van der Waals surface area contributed by atoms with Gasteiger partial charge in [0.1, 0.15) is 6.17 Å². The lowest BCUT2D eigenvalue weighted by Gasteiger charge is -2.33. The van der Waals surface area contributed by atoms with Gasteiger partial charge in [0.15, 0.2) is 11.5 Å². The number of para-hydroxylation sites is 2. The van der Waals surface area contributed by atoms with E-state index in [1.807, 2.05) is 6.07 Å². The van der Waals surface area contributed by atoms with E-state index in [0.717, 1.165) is 24.6 Å². The first kappa shape index (κ1) is 17.3. The van der Waals surface area contributed by atoms with Crippen LogP contribution in [0.3, 0.4) is 0 Å². The topological polar surface area (TPSA) is 24.9 Å². The molecule has 4 heteroatoms. The molecule has 0 saturated carbocycles. The Hall–Kier alpha value is -3.14. The van der Waals surface area contributed by atoms with Crippen LogP contribution in [0, 0.1) is 0 Å². The standard InChI is InChI=1S/C23H24N2O2/c1-26-21-14-13-18(17-22(21)27-2)23-24(19-9-5-3-6-10-19)15-16-25(23)20-11-7-4-8-12-20/h3-14,17,23H,15-16H2,1-2H3. The molecule has 1 aliphatic rings. The molecule has 27 heavy (non-hydrogen) atoms. The molecule has 0 atom stereocenters. The van der Waals surface area contributed by atoms with E-state index < -0.39 is 0 Å². The summed E-state index contributed by atoms with van der Waals surface area (Å²) in [5.41, 5.74) is 3.62. The molecular weight excluding hydrogens is 336 g/mol. The molecule has 0 spiro atoms. The van der Waals surface area contributed by atoms with Crippen molar-refractivity contribution in [1.29, 1.82) is 0 Å². The van der Waals surface area contributed by atoms with E-state index in [2.05, 4.69) is 82.6 Å². The van der Waals surface area contributed by atoms with Crippen molar-refractivity contribution in [2.24, 2.45) is 0 Å². The summed E-state index contributed by atoms with van der Waals surface area (Å²) >= 11 is 0. The number of benzene rings is 3. The van der Waals surface area contributed by atoms with E-state index >= 15 is 0 Å². The molecule has 3 aromatic carbocycles. The molecule has 0 aliphatic carbocycles. The first-order valence-electron chi connectivity index (χ1n) is 9.17. The number of hydrogen-bond acceptors (Lipinski definition) is 4. The van der Waals surface area contributed by atoms with Gasteiger partial charge in [0, 0.05) is 24.5 Å². The average Bonchev–Trinajstić information content (AvgIpc) is 3.19. The third-order valence-corrected chi connectivity index (χ3v) is 5.05. The van der Waals surface area contributed by atoms with E-state index in [9.17, 15) is 0 Å². The lowest BCUT2D eigenvalue weighted by molar-refractivity contribution is 0.354. The molecule has 1 saturated heterocycles. The van der Waals surface area contributed by atoms with Crippen LogP contribution in [-0.4, -0.2) is 27.3 Å². The zero-order chi connectivity index (χ0) is 18.6. The largest absolute Gasteiger partial charge is 0.493 e. The molecule has 0 amide bonds. The summed E-state index contributed by atoms with van der Waals surface area (Å²) in [5.74, 6) is 1.50. The predicted molar refractivity (Wildman–Crippen MR) is 110 cm³/mol. The molecule has 0 aromatic heterocycles. The van der Waals surface area contributed by atoms with Crippen molar-refractivity contribution in [3.05, 3.63) is 84.4 Å². The fourth-order valence-corrected chi connectivity index (χ4v) is 3.78. The van der Waals surface area contributed by atoms with E-state index in [0.29, 0.717) is 0 Å². The van der Waals surface area contributed by atoms with Gasteiger partial charge in [-0.1, -0.05) is 42.5 Å². The van der Waals surface area contributed by atoms with Gasteiger partial charge < -0.3 is 19.3 Å². The Bertz CT molecular complexity index is 836. The number of hydrogen-bond donors (Lipinski definition) is 0. The van der Waals surface area contributed by atoms with Crippen LogP contribution in [0.5, 0.6) is 11.5 Å². The quantitative estimate of drug-likeness (QED) is 0.657. The van der Waals surface area contributed by atoms with Crippen LogP contribution < -0.4 is 19.3 Å². The first-order chi connectivity index (χ1) is 13.3. The molecule has 0 unspecified atom stereocenters. The molecule has 3 aromatic rings. The van der Waals surface area contributed by atoms with Gasteiger partial charge in [-0.05, 0) is 42.0 Å². The van der Waals surface area contributed by atoms with Gasteiger partial charge in [0.05, 0.1) is 14.2 Å². The molecule has 138 valence electrons. The maximum Gasteiger partial charge on any atom is 0.161 e. The van der Waals surface area contributed by atoms with Crippen molar-refractivity contribution >= 4 is 11.4 Å². The summed E-state index contributed by atoms with van der Waals surface area (Å²) in [7, 11) is 3.35. The van der Waals surface area contributed by atoms with Gasteiger partial charge in [-0.3, -0.25) is 0 Å². The third-order valence-electron chi connectivity index (χ3n) is 5.05. The third kappa shape index (κ3) is 3.31. The van der Waals surface area contributed by atoms with Crippen LogP contribution in [0.2, 0.25) is 0 Å². The van der Waals surface area contributed by atoms with Gasteiger partial charge in [-0.15, -0.1) is 0 Å². The molecule has 4 nitrogen and oxygen atoms in total. The monoisotopic (exact) mass is 360 g/mol. The van der Waals surface area contributed by atoms with Crippen LogP contribution in [0.25, 0.3) is 0 Å². The highest BCUT2D eigenvalue weighted by atomic mass is 16.5. The number of anilines is 2. The minimum absolute atomic E-state index is 0.0922. The molecule has 0 radical (unpaired) electrons. The van der Waals surface area contributed by atoms with Crippen molar-refractivity contribution in [3.63, 3.8) is 0 Å². The smallest absolute Gasteiger partial charge is 0.161 e. The lowest BCUT2D eigenvalue weighted by atomic mass is 10.1. The maximum atomic E-state index is 5.56. The number of methoxy groups -OCH3 is 2. The number of nitrogens with zero attached hydrogens (tertiary/aromatic N) is 2. The second kappa shape index (κ2) is 7.62. The minimum Gasteiger partial charge on any atom is -0.493 e. The fourth-order valence-electron chi connectivity index (χ4n) is 3.78. The summed E-state index contributed by atoms with van der Waals surface area (Å²) < 4.78 is 11.0. The predicted octanol–water partition coefficient (Wildman–Crippen LogP) is 4.73. The van der Waals surface area contributed by atoms with Gasteiger partial charge in [-0.25, -0.2) is 0 Å². The van der Waals surface area contributed by atoms with Gasteiger partial charge in [0.2, 0.25) is 0 Å². The Kier molecular flexibility index (Phi) is 4.88. The highest BCUT2D eigenvalue weighted by Gasteiger charge is 2.34. The Labute approximate surface area is 160 Å².